The Morgan fingerprint density at radius 3 is 2.76 bits per heavy atom. The summed E-state index contributed by atoms with van der Waals surface area (Å²) in [6, 6.07) is 11.5. The van der Waals surface area contributed by atoms with Crippen LogP contribution in [0.3, 0.4) is 0 Å². The van der Waals surface area contributed by atoms with Crippen molar-refractivity contribution in [2.45, 2.75) is 12.8 Å². The highest BCUT2D eigenvalue weighted by Gasteiger charge is 2.08. The van der Waals surface area contributed by atoms with Crippen LogP contribution in [0.25, 0.3) is 5.65 Å². The molecule has 0 aliphatic carbocycles. The van der Waals surface area contributed by atoms with Crippen molar-refractivity contribution in [3.05, 3.63) is 60.0 Å². The summed E-state index contributed by atoms with van der Waals surface area (Å²) in [4.78, 5) is 16.5. The van der Waals surface area contributed by atoms with E-state index in [9.17, 15) is 4.79 Å². The van der Waals surface area contributed by atoms with Gasteiger partial charge in [-0.1, -0.05) is 12.1 Å². The largest absolute Gasteiger partial charge is 0.493 e. The molecular formula is C19H21N3O3. The van der Waals surface area contributed by atoms with Gasteiger partial charge in [0.25, 0.3) is 0 Å². The molecule has 0 bridgehead atoms. The molecule has 0 aliphatic rings. The molecule has 25 heavy (non-hydrogen) atoms. The third-order valence-electron chi connectivity index (χ3n) is 3.94. The summed E-state index contributed by atoms with van der Waals surface area (Å²) in [5, 5.41) is 2.93. The summed E-state index contributed by atoms with van der Waals surface area (Å²) < 4.78 is 12.4. The molecule has 3 aromatic rings. The molecule has 1 N–H and O–H groups in total. The molecule has 6 nitrogen and oxygen atoms in total. The van der Waals surface area contributed by atoms with E-state index in [0.717, 1.165) is 23.3 Å². The van der Waals surface area contributed by atoms with Gasteiger partial charge in [0, 0.05) is 18.9 Å². The van der Waals surface area contributed by atoms with Crippen LogP contribution in [0.4, 0.5) is 0 Å². The number of nitrogens with zero attached hydrogens (tertiary/aromatic N) is 2. The fraction of sp³-hybridized carbons (Fsp3) is 0.263. The van der Waals surface area contributed by atoms with Crippen LogP contribution in [-0.4, -0.2) is 36.1 Å². The number of methoxy groups -OCH3 is 2. The van der Waals surface area contributed by atoms with Crippen LogP contribution in [0.5, 0.6) is 11.5 Å². The lowest BCUT2D eigenvalue weighted by Gasteiger charge is -2.10. The smallest absolute Gasteiger partial charge is 0.226 e. The van der Waals surface area contributed by atoms with Gasteiger partial charge in [0.15, 0.2) is 11.5 Å². The number of hydrogen-bond acceptors (Lipinski definition) is 4. The van der Waals surface area contributed by atoms with Gasteiger partial charge < -0.3 is 19.2 Å². The number of carbonyl (C=O) groups is 1. The number of amides is 1. The van der Waals surface area contributed by atoms with Crippen molar-refractivity contribution in [3.8, 4) is 11.5 Å². The van der Waals surface area contributed by atoms with E-state index < -0.39 is 0 Å². The SMILES string of the molecule is COc1ccc(CCNC(=O)Cc2cn3ccccc3n2)cc1OC. The highest BCUT2D eigenvalue weighted by Crippen LogP contribution is 2.27. The Morgan fingerprint density at radius 2 is 2.00 bits per heavy atom. The molecule has 0 radical (unpaired) electrons. The van der Waals surface area contributed by atoms with Crippen LogP contribution in [0, 0.1) is 0 Å². The molecule has 3 rings (SSSR count). The molecule has 1 aromatic carbocycles. The van der Waals surface area contributed by atoms with Crippen molar-refractivity contribution in [1.82, 2.24) is 14.7 Å². The normalized spacial score (nSPS) is 10.6. The van der Waals surface area contributed by atoms with Crippen molar-refractivity contribution < 1.29 is 14.3 Å². The lowest BCUT2D eigenvalue weighted by Crippen LogP contribution is -2.27. The fourth-order valence-electron chi connectivity index (χ4n) is 2.68. The van der Waals surface area contributed by atoms with Crippen LogP contribution < -0.4 is 14.8 Å². The minimum atomic E-state index is -0.0381. The van der Waals surface area contributed by atoms with Gasteiger partial charge in [-0.05, 0) is 36.2 Å². The fourth-order valence-corrected chi connectivity index (χ4v) is 2.68. The number of carbonyl (C=O) groups excluding carboxylic acids is 1. The average Bonchev–Trinajstić information content (AvgIpc) is 3.03. The first kappa shape index (κ1) is 16.8. The van der Waals surface area contributed by atoms with Crippen LogP contribution in [0.2, 0.25) is 0 Å². The van der Waals surface area contributed by atoms with Crippen molar-refractivity contribution in [2.24, 2.45) is 0 Å². The minimum absolute atomic E-state index is 0.0381. The van der Waals surface area contributed by atoms with E-state index in [1.54, 1.807) is 14.2 Å². The number of imidazole rings is 1. The van der Waals surface area contributed by atoms with Crippen LogP contribution in [0.15, 0.2) is 48.8 Å². The van der Waals surface area contributed by atoms with E-state index in [1.165, 1.54) is 0 Å². The van der Waals surface area contributed by atoms with Gasteiger partial charge in [0.2, 0.25) is 5.91 Å². The van der Waals surface area contributed by atoms with Crippen LogP contribution in [-0.2, 0) is 17.6 Å². The molecule has 6 heteroatoms. The Balaban J connectivity index is 1.52. The molecule has 0 spiro atoms. The molecule has 0 fully saturated rings. The number of hydrogen-bond donors (Lipinski definition) is 1. The van der Waals surface area contributed by atoms with E-state index in [2.05, 4.69) is 10.3 Å². The number of fused-ring (bicyclic) bond motifs is 1. The second-order valence-corrected chi connectivity index (χ2v) is 5.66. The number of nitrogens with one attached hydrogen (secondary N) is 1. The maximum atomic E-state index is 12.1. The summed E-state index contributed by atoms with van der Waals surface area (Å²) in [6.45, 7) is 0.557. The lowest BCUT2D eigenvalue weighted by atomic mass is 10.1. The summed E-state index contributed by atoms with van der Waals surface area (Å²) in [5.74, 6) is 1.35. The van der Waals surface area contributed by atoms with E-state index >= 15 is 0 Å². The van der Waals surface area contributed by atoms with Crippen molar-refractivity contribution in [1.29, 1.82) is 0 Å². The monoisotopic (exact) mass is 339 g/mol. The van der Waals surface area contributed by atoms with Gasteiger partial charge in [-0.3, -0.25) is 4.79 Å². The summed E-state index contributed by atoms with van der Waals surface area (Å²) >= 11 is 0. The number of aromatic nitrogens is 2. The molecular weight excluding hydrogens is 318 g/mol. The van der Waals surface area contributed by atoms with E-state index in [4.69, 9.17) is 9.47 Å². The Hall–Kier alpha value is -3.02. The third-order valence-corrected chi connectivity index (χ3v) is 3.94. The van der Waals surface area contributed by atoms with E-state index in [0.29, 0.717) is 18.0 Å². The zero-order valence-corrected chi connectivity index (χ0v) is 14.4. The molecule has 1 amide bonds. The first-order valence-electron chi connectivity index (χ1n) is 8.10. The molecule has 0 atom stereocenters. The van der Waals surface area contributed by atoms with Gasteiger partial charge in [0.05, 0.1) is 26.3 Å². The summed E-state index contributed by atoms with van der Waals surface area (Å²) in [5.41, 5.74) is 2.68. The third kappa shape index (κ3) is 4.09. The standard InChI is InChI=1S/C19H21N3O3/c1-24-16-7-6-14(11-17(16)25-2)8-9-20-19(23)12-15-13-22-10-4-3-5-18(22)21-15/h3-7,10-11,13H,8-9,12H2,1-2H3,(H,20,23). The zero-order chi connectivity index (χ0) is 17.6. The maximum absolute atomic E-state index is 12.1. The maximum Gasteiger partial charge on any atom is 0.226 e. The number of rotatable bonds is 7. The molecule has 0 aliphatic heterocycles. The minimum Gasteiger partial charge on any atom is -0.493 e. The summed E-state index contributed by atoms with van der Waals surface area (Å²) in [6.07, 6.45) is 4.79. The highest BCUT2D eigenvalue weighted by molar-refractivity contribution is 5.78. The Morgan fingerprint density at radius 1 is 1.16 bits per heavy atom. The molecule has 0 saturated carbocycles. The van der Waals surface area contributed by atoms with Crippen LogP contribution >= 0.6 is 0 Å². The van der Waals surface area contributed by atoms with E-state index in [1.807, 2.05) is 53.2 Å². The molecule has 130 valence electrons. The van der Waals surface area contributed by atoms with Crippen molar-refractivity contribution in [3.63, 3.8) is 0 Å². The predicted octanol–water partition coefficient (Wildman–Crippen LogP) is 2.25. The second-order valence-electron chi connectivity index (χ2n) is 5.66. The highest BCUT2D eigenvalue weighted by atomic mass is 16.5. The second kappa shape index (κ2) is 7.70. The Bertz CT molecular complexity index is 840. The Kier molecular flexibility index (Phi) is 5.18. The predicted molar refractivity (Wildman–Crippen MR) is 95.2 cm³/mol. The topological polar surface area (TPSA) is 64.9 Å². The van der Waals surface area contributed by atoms with Crippen molar-refractivity contribution >= 4 is 11.6 Å². The molecule has 2 aromatic heterocycles. The van der Waals surface area contributed by atoms with Crippen LogP contribution in [0.1, 0.15) is 11.3 Å². The van der Waals surface area contributed by atoms with Gasteiger partial charge in [-0.2, -0.15) is 0 Å². The lowest BCUT2D eigenvalue weighted by molar-refractivity contribution is -0.120. The Labute approximate surface area is 146 Å². The first-order valence-corrected chi connectivity index (χ1v) is 8.10. The zero-order valence-electron chi connectivity index (χ0n) is 14.4. The molecule has 0 unspecified atom stereocenters. The number of benzene rings is 1. The molecule has 0 saturated heterocycles. The van der Waals surface area contributed by atoms with Gasteiger partial charge in [-0.15, -0.1) is 0 Å². The molecule has 2 heterocycles. The average molecular weight is 339 g/mol. The number of ether oxygens (including phenoxy) is 2. The quantitative estimate of drug-likeness (QED) is 0.717. The number of pyridine rings is 1. The van der Waals surface area contributed by atoms with E-state index in [-0.39, 0.29) is 12.3 Å². The first-order chi connectivity index (χ1) is 12.2. The van der Waals surface area contributed by atoms with Gasteiger partial charge in [0.1, 0.15) is 5.65 Å². The van der Waals surface area contributed by atoms with Crippen molar-refractivity contribution in [2.75, 3.05) is 20.8 Å². The van der Waals surface area contributed by atoms with Gasteiger partial charge in [-0.25, -0.2) is 4.98 Å². The van der Waals surface area contributed by atoms with Gasteiger partial charge >= 0.3 is 0 Å². The summed E-state index contributed by atoms with van der Waals surface area (Å²) in [7, 11) is 3.22.